The standard InChI is InChI=1S/C29H30Cl2FN9O9P2S2/c1-14(2)26(42)38-29-37-25-22(27(43)39-29)35-13-41(25)28-23-21(32)19(49-28)9-48-52(53,54-11-15-3-4-16(30)7-17(15)31)46-6-5-40-20(10-47-51(44,45)50-23)36-18-8-33-12-34-24(18)40/h3-4,7-8,12-14,19,21,23,28H,5-6,9-11H2,1-2H3,(H,44,45)(H2,37,38,39,42,43)/t19-,21-,23-,28-,52?/m1/s1. The molecular formula is C29H30Cl2FN9O9P2S2. The molecule has 1 amide bonds. The van der Waals surface area contributed by atoms with Gasteiger partial charge >= 0.3 is 7.82 Å². The highest BCUT2D eigenvalue weighted by Gasteiger charge is 2.51. The molecule has 1 saturated heterocycles. The van der Waals surface area contributed by atoms with E-state index < -0.39 is 68.7 Å². The number of phosphoric acid groups is 1. The summed E-state index contributed by atoms with van der Waals surface area (Å²) in [5.74, 6) is -0.700. The molecule has 3 N–H and O–H groups in total. The molecule has 0 saturated carbocycles. The minimum atomic E-state index is -5.08. The Balaban J connectivity index is 1.25. The Kier molecular flexibility index (Phi) is 11.6. The fourth-order valence-electron chi connectivity index (χ4n) is 5.50. The average Bonchev–Trinajstić information content (AvgIpc) is 3.79. The normalized spacial score (nSPS) is 26.8. The predicted molar refractivity (Wildman–Crippen MR) is 199 cm³/mol. The van der Waals surface area contributed by atoms with Crippen molar-refractivity contribution in [1.82, 2.24) is 39.0 Å². The number of carbonyl (C=O) groups is 1. The molecule has 0 spiro atoms. The number of phosphoric ester groups is 1. The summed E-state index contributed by atoms with van der Waals surface area (Å²) in [4.78, 5) is 59.8. The zero-order chi connectivity index (χ0) is 38.4. The van der Waals surface area contributed by atoms with Crippen molar-refractivity contribution in [2.24, 2.45) is 5.92 Å². The van der Waals surface area contributed by atoms with Gasteiger partial charge in [-0.2, -0.15) is 4.98 Å². The van der Waals surface area contributed by atoms with Crippen LogP contribution in [-0.2, 0) is 62.9 Å². The molecular weight excluding hydrogens is 834 g/mol. The van der Waals surface area contributed by atoms with Crippen molar-refractivity contribution >= 4 is 94.1 Å². The number of fused-ring (bicyclic) bond motifs is 6. The lowest BCUT2D eigenvalue weighted by Crippen LogP contribution is -2.32. The molecule has 4 aromatic heterocycles. The second kappa shape index (κ2) is 15.9. The van der Waals surface area contributed by atoms with Gasteiger partial charge in [-0.3, -0.25) is 33.5 Å². The van der Waals surface area contributed by atoms with Gasteiger partial charge in [0, 0.05) is 28.3 Å². The van der Waals surface area contributed by atoms with Crippen molar-refractivity contribution in [1.29, 1.82) is 0 Å². The van der Waals surface area contributed by atoms with Crippen molar-refractivity contribution in [3.05, 3.63) is 68.8 Å². The fourth-order valence-corrected chi connectivity index (χ4v) is 11.0. The van der Waals surface area contributed by atoms with Gasteiger partial charge in [-0.05, 0) is 29.5 Å². The van der Waals surface area contributed by atoms with Gasteiger partial charge in [0.2, 0.25) is 17.5 Å². The largest absolute Gasteiger partial charge is 0.473 e. The van der Waals surface area contributed by atoms with Crippen LogP contribution in [0.2, 0.25) is 10.0 Å². The van der Waals surface area contributed by atoms with Crippen LogP contribution in [0.4, 0.5) is 10.3 Å². The van der Waals surface area contributed by atoms with Crippen LogP contribution in [0.5, 0.6) is 0 Å². The van der Waals surface area contributed by atoms with E-state index in [4.69, 9.17) is 57.8 Å². The Labute approximate surface area is 324 Å². The highest BCUT2D eigenvalue weighted by molar-refractivity contribution is 8.67. The lowest BCUT2D eigenvalue weighted by Gasteiger charge is -2.24. The van der Waals surface area contributed by atoms with E-state index in [1.165, 1.54) is 12.5 Å². The average molecular weight is 865 g/mol. The number of benzene rings is 1. The summed E-state index contributed by atoms with van der Waals surface area (Å²) in [6.07, 6.45) is -3.10. The van der Waals surface area contributed by atoms with Gasteiger partial charge in [0.15, 0.2) is 29.2 Å². The lowest BCUT2D eigenvalue weighted by molar-refractivity contribution is -0.118. The first kappa shape index (κ1) is 39.3. The van der Waals surface area contributed by atoms with E-state index in [2.05, 4.69) is 35.2 Å². The van der Waals surface area contributed by atoms with Crippen LogP contribution in [0.3, 0.4) is 0 Å². The van der Waals surface area contributed by atoms with Gasteiger partial charge in [0.05, 0.1) is 25.7 Å². The summed E-state index contributed by atoms with van der Waals surface area (Å²) in [5, 5.41) is 3.35. The van der Waals surface area contributed by atoms with E-state index in [-0.39, 0.29) is 41.8 Å². The highest BCUT2D eigenvalue weighted by atomic mass is 35.5. The molecule has 2 bridgehead atoms. The summed E-state index contributed by atoms with van der Waals surface area (Å²) in [6.45, 7) is 2.30. The second-order valence-electron chi connectivity index (χ2n) is 12.2. The molecule has 5 aromatic rings. The zero-order valence-corrected chi connectivity index (χ0v) is 33.0. The minimum Gasteiger partial charge on any atom is -0.346 e. The molecule has 7 rings (SSSR count). The molecule has 2 aliphatic heterocycles. The molecule has 25 heteroatoms. The number of anilines is 1. The number of hydrogen-bond acceptors (Lipinski definition) is 15. The number of aromatic amines is 1. The molecule has 2 aliphatic rings. The smallest absolute Gasteiger partial charge is 0.346 e. The summed E-state index contributed by atoms with van der Waals surface area (Å²) in [7, 11) is -5.08. The first-order valence-corrected chi connectivity index (χ1v) is 22.5. The molecule has 6 heterocycles. The van der Waals surface area contributed by atoms with E-state index in [9.17, 15) is 19.0 Å². The van der Waals surface area contributed by atoms with Gasteiger partial charge in [0.1, 0.15) is 36.5 Å². The van der Waals surface area contributed by atoms with Gasteiger partial charge < -0.3 is 23.2 Å². The SMILES string of the molecule is CC(C)C(=O)Nc1nc2c(ncn2[C@@H]2O[C@@H]3COP(=S)(SCc4ccc(Cl)cc4Cl)OCCn4c(nc5cncnc54)COP(=O)(O)O[C@@H]2[C@@H]3F)c(=O)[nH]1. The lowest BCUT2D eigenvalue weighted by atomic mass is 10.1. The van der Waals surface area contributed by atoms with Crippen LogP contribution in [0.15, 0.2) is 41.8 Å². The van der Waals surface area contributed by atoms with Gasteiger partial charge in [0.25, 0.3) is 5.56 Å². The van der Waals surface area contributed by atoms with Crippen LogP contribution in [0.25, 0.3) is 22.3 Å². The Morgan fingerprint density at radius 1 is 1.22 bits per heavy atom. The third-order valence-electron chi connectivity index (χ3n) is 8.19. The predicted octanol–water partition coefficient (Wildman–Crippen LogP) is 5.30. The number of nitrogens with zero attached hydrogens (tertiary/aromatic N) is 7. The fraction of sp³-hybridized carbons (Fsp3) is 0.414. The topological polar surface area (TPSA) is 220 Å². The number of ether oxygens (including phenoxy) is 1. The Morgan fingerprint density at radius 2 is 2.04 bits per heavy atom. The maximum Gasteiger partial charge on any atom is 0.473 e. The Morgan fingerprint density at radius 3 is 2.81 bits per heavy atom. The molecule has 288 valence electrons. The highest BCUT2D eigenvalue weighted by Crippen LogP contribution is 2.63. The maximum atomic E-state index is 16.5. The van der Waals surface area contributed by atoms with Gasteiger partial charge in [-0.1, -0.05) is 54.5 Å². The monoisotopic (exact) mass is 863 g/mol. The van der Waals surface area contributed by atoms with Gasteiger partial charge in [-0.25, -0.2) is 28.9 Å². The number of imidazole rings is 2. The van der Waals surface area contributed by atoms with Crippen LogP contribution in [0.1, 0.15) is 31.5 Å². The van der Waals surface area contributed by atoms with Crippen molar-refractivity contribution in [2.45, 2.75) is 57.4 Å². The minimum absolute atomic E-state index is 0.0405. The number of amides is 1. The Bertz CT molecular complexity index is 2390. The van der Waals surface area contributed by atoms with Crippen molar-refractivity contribution < 1.29 is 41.5 Å². The number of halogens is 3. The Hall–Kier alpha value is -2.91. The van der Waals surface area contributed by atoms with Crippen LogP contribution in [0, 0.1) is 5.92 Å². The van der Waals surface area contributed by atoms with Crippen LogP contribution in [-0.4, -0.2) is 81.4 Å². The second-order valence-corrected chi connectivity index (χ2v) is 20.8. The molecule has 0 aliphatic carbocycles. The molecule has 18 nitrogen and oxygen atoms in total. The molecule has 1 aromatic carbocycles. The summed E-state index contributed by atoms with van der Waals surface area (Å²) < 4.78 is 62.1. The zero-order valence-electron chi connectivity index (χ0n) is 28.1. The third-order valence-corrected chi connectivity index (χ3v) is 15.0. The summed E-state index contributed by atoms with van der Waals surface area (Å²) >= 11 is 19.6. The van der Waals surface area contributed by atoms with Gasteiger partial charge in [-0.15, -0.1) is 0 Å². The summed E-state index contributed by atoms with van der Waals surface area (Å²) in [6, 6.07) is 5.00. The number of nitrogens with one attached hydrogen (secondary N) is 2. The van der Waals surface area contributed by atoms with E-state index >= 15 is 4.39 Å². The maximum absolute atomic E-state index is 16.5. The molecule has 54 heavy (non-hydrogen) atoms. The van der Waals surface area contributed by atoms with Crippen molar-refractivity contribution in [2.75, 3.05) is 18.5 Å². The van der Waals surface area contributed by atoms with Crippen LogP contribution >= 0.6 is 48.1 Å². The molecule has 1 fully saturated rings. The summed E-state index contributed by atoms with van der Waals surface area (Å²) in [5.41, 5.74) is -2.96. The van der Waals surface area contributed by atoms with Crippen molar-refractivity contribution in [3.8, 4) is 0 Å². The van der Waals surface area contributed by atoms with Crippen LogP contribution < -0.4 is 10.9 Å². The number of alkyl halides is 1. The third kappa shape index (κ3) is 8.42. The number of H-pyrrole nitrogens is 1. The number of rotatable bonds is 6. The quantitative estimate of drug-likeness (QED) is 0.184. The molecule has 0 radical (unpaired) electrons. The first-order chi connectivity index (χ1) is 25.7. The number of aromatic nitrogens is 8. The van der Waals surface area contributed by atoms with E-state index in [1.807, 2.05) is 0 Å². The number of hydrogen-bond donors (Lipinski definition) is 3. The van der Waals surface area contributed by atoms with Crippen molar-refractivity contribution in [3.63, 3.8) is 0 Å². The van der Waals surface area contributed by atoms with E-state index in [1.54, 1.807) is 36.6 Å². The molecule has 2 unspecified atom stereocenters. The molecule has 6 atom stereocenters. The number of carbonyl (C=O) groups excluding carboxylic acids is 1. The van der Waals surface area contributed by atoms with E-state index in [0.29, 0.717) is 26.8 Å². The first-order valence-electron chi connectivity index (χ1n) is 16.1. The van der Waals surface area contributed by atoms with E-state index in [0.717, 1.165) is 22.3 Å².